The average molecular weight is 432 g/mol. The number of anilines is 1. The van der Waals surface area contributed by atoms with Crippen LogP contribution in [0.1, 0.15) is 48.1 Å². The number of aromatic nitrogens is 2. The van der Waals surface area contributed by atoms with E-state index in [0.717, 1.165) is 36.9 Å². The van der Waals surface area contributed by atoms with Crippen LogP contribution in [0, 0.1) is 12.3 Å². The summed E-state index contributed by atoms with van der Waals surface area (Å²) >= 11 is 0. The molecule has 2 N–H and O–H groups in total. The molecule has 1 aromatic heterocycles. The molecule has 1 aromatic carbocycles. The van der Waals surface area contributed by atoms with Crippen LogP contribution in [0.4, 0.5) is 5.95 Å². The molecular formula is C25H29N5O2. The zero-order valence-electron chi connectivity index (χ0n) is 18.3. The van der Waals surface area contributed by atoms with Crippen LogP contribution in [-0.4, -0.2) is 45.8 Å². The lowest BCUT2D eigenvalue weighted by atomic mass is 10.1. The second-order valence-electron chi connectivity index (χ2n) is 8.44. The summed E-state index contributed by atoms with van der Waals surface area (Å²) in [6.45, 7) is 1.09. The fourth-order valence-electron chi connectivity index (χ4n) is 4.33. The predicted octanol–water partition coefficient (Wildman–Crippen LogP) is 2.25. The van der Waals surface area contributed by atoms with Crippen LogP contribution in [0.2, 0.25) is 0 Å². The number of nitrogens with one attached hydrogen (secondary N) is 2. The lowest BCUT2D eigenvalue weighted by molar-refractivity contribution is -0.133. The Hall–Kier alpha value is -3.40. The van der Waals surface area contributed by atoms with Crippen molar-refractivity contribution >= 4 is 17.8 Å². The van der Waals surface area contributed by atoms with Crippen LogP contribution >= 0.6 is 0 Å². The molecule has 0 saturated heterocycles. The van der Waals surface area contributed by atoms with Crippen molar-refractivity contribution in [2.75, 3.05) is 18.4 Å². The van der Waals surface area contributed by atoms with Crippen molar-refractivity contribution in [3.63, 3.8) is 0 Å². The molecule has 2 heterocycles. The molecule has 4 rings (SSSR count). The molecule has 2 aliphatic rings. The lowest BCUT2D eigenvalue weighted by Crippen LogP contribution is -2.42. The molecule has 7 nitrogen and oxygen atoms in total. The molecule has 32 heavy (non-hydrogen) atoms. The molecule has 0 bridgehead atoms. The molecule has 0 radical (unpaired) electrons. The number of hydrogen-bond acceptors (Lipinski definition) is 5. The smallest absolute Gasteiger partial charge is 0.242 e. The van der Waals surface area contributed by atoms with Crippen molar-refractivity contribution in [3.05, 3.63) is 52.8 Å². The average Bonchev–Trinajstić information content (AvgIpc) is 3.22. The number of hydrogen-bond donors (Lipinski definition) is 2. The first-order valence-electron chi connectivity index (χ1n) is 11.3. The van der Waals surface area contributed by atoms with E-state index < -0.39 is 0 Å². The van der Waals surface area contributed by atoms with E-state index in [9.17, 15) is 9.59 Å². The number of unbranched alkanes of at least 4 members (excludes halogenated alkanes) is 2. The highest BCUT2D eigenvalue weighted by Crippen LogP contribution is 2.24. The first-order valence-corrected chi connectivity index (χ1v) is 11.3. The third-order valence-electron chi connectivity index (χ3n) is 6.08. The quantitative estimate of drug-likeness (QED) is 0.495. The molecule has 7 heteroatoms. The van der Waals surface area contributed by atoms with Gasteiger partial charge in [0.2, 0.25) is 17.8 Å². The summed E-state index contributed by atoms with van der Waals surface area (Å²) in [4.78, 5) is 35.4. The van der Waals surface area contributed by atoms with E-state index in [2.05, 4.69) is 45.8 Å². The number of terminal acetylenes is 1. The maximum Gasteiger partial charge on any atom is 0.242 e. The minimum absolute atomic E-state index is 0.0199. The van der Waals surface area contributed by atoms with Gasteiger partial charge in [0.05, 0.1) is 12.2 Å². The van der Waals surface area contributed by atoms with Crippen LogP contribution in [0.5, 0.6) is 0 Å². The first kappa shape index (κ1) is 21.8. The number of carbonyl (C=O) groups is 2. The number of carbonyl (C=O) groups excluding carboxylic acids is 2. The van der Waals surface area contributed by atoms with Crippen molar-refractivity contribution in [3.8, 4) is 12.3 Å². The highest BCUT2D eigenvalue weighted by Gasteiger charge is 2.24. The summed E-state index contributed by atoms with van der Waals surface area (Å²) in [7, 11) is 0. The molecule has 166 valence electrons. The Morgan fingerprint density at radius 3 is 2.69 bits per heavy atom. The van der Waals surface area contributed by atoms with E-state index in [0.29, 0.717) is 44.3 Å². The van der Waals surface area contributed by atoms with Crippen LogP contribution in [0.25, 0.3) is 0 Å². The van der Waals surface area contributed by atoms with E-state index >= 15 is 0 Å². The van der Waals surface area contributed by atoms with Gasteiger partial charge in [0, 0.05) is 50.2 Å². The van der Waals surface area contributed by atoms with Gasteiger partial charge in [-0.1, -0.05) is 24.3 Å². The van der Waals surface area contributed by atoms with Crippen LogP contribution in [0.15, 0.2) is 30.5 Å². The molecular weight excluding hydrogens is 402 g/mol. The van der Waals surface area contributed by atoms with Crippen LogP contribution < -0.4 is 10.6 Å². The summed E-state index contributed by atoms with van der Waals surface area (Å²) in [5.74, 6) is 3.02. The van der Waals surface area contributed by atoms with Gasteiger partial charge >= 0.3 is 0 Å². The van der Waals surface area contributed by atoms with Crippen molar-refractivity contribution in [2.24, 2.45) is 0 Å². The largest absolute Gasteiger partial charge is 0.351 e. The van der Waals surface area contributed by atoms with Gasteiger partial charge in [-0.05, 0) is 36.8 Å². The zero-order chi connectivity index (χ0) is 22.3. The Labute approximate surface area is 189 Å². The molecule has 1 aliphatic heterocycles. The molecule has 2 amide bonds. The summed E-state index contributed by atoms with van der Waals surface area (Å²) in [6, 6.07) is 8.82. The number of amides is 2. The van der Waals surface area contributed by atoms with E-state index in [1.807, 2.05) is 6.20 Å². The molecule has 2 aromatic rings. The molecule has 0 fully saturated rings. The van der Waals surface area contributed by atoms with E-state index in [-0.39, 0.29) is 18.4 Å². The van der Waals surface area contributed by atoms with Gasteiger partial charge in [-0.25, -0.2) is 9.97 Å². The zero-order valence-corrected chi connectivity index (χ0v) is 18.3. The Balaban J connectivity index is 1.25. The van der Waals surface area contributed by atoms with Gasteiger partial charge in [0.1, 0.15) is 0 Å². The van der Waals surface area contributed by atoms with Crippen molar-refractivity contribution in [1.82, 2.24) is 20.2 Å². The fourth-order valence-corrected chi connectivity index (χ4v) is 4.33. The molecule has 1 aliphatic carbocycles. The first-order chi connectivity index (χ1) is 15.6. The monoisotopic (exact) mass is 431 g/mol. The van der Waals surface area contributed by atoms with Gasteiger partial charge in [-0.3, -0.25) is 9.59 Å². The molecule has 0 saturated carbocycles. The van der Waals surface area contributed by atoms with Crippen molar-refractivity contribution < 1.29 is 9.59 Å². The number of fused-ring (bicyclic) bond motifs is 2. The summed E-state index contributed by atoms with van der Waals surface area (Å²) in [5, 5.41) is 6.18. The van der Waals surface area contributed by atoms with E-state index in [1.54, 1.807) is 4.90 Å². The topological polar surface area (TPSA) is 87.2 Å². The predicted molar refractivity (Wildman–Crippen MR) is 123 cm³/mol. The van der Waals surface area contributed by atoms with Crippen LogP contribution in [0.3, 0.4) is 0 Å². The second kappa shape index (κ2) is 10.3. The Bertz CT molecular complexity index is 1000. The summed E-state index contributed by atoms with van der Waals surface area (Å²) < 4.78 is 0. The number of benzene rings is 1. The van der Waals surface area contributed by atoms with E-state index in [4.69, 9.17) is 11.4 Å². The molecule has 0 unspecified atom stereocenters. The highest BCUT2D eigenvalue weighted by atomic mass is 16.2. The fraction of sp³-hybridized carbons (Fsp3) is 0.440. The maximum atomic E-state index is 12.5. The Kier molecular flexibility index (Phi) is 7.00. The number of rotatable bonds is 8. The third-order valence-corrected chi connectivity index (χ3v) is 6.08. The Morgan fingerprint density at radius 2 is 1.94 bits per heavy atom. The standard InChI is InChI=1S/C25H29N5O2/c1-2-3-4-5-10-23(31)26-16-24(32)30-12-11-22-20(17-30)15-27-25(29-22)28-21-13-18-8-6-7-9-19(18)14-21/h1,6-9,15,21H,3-5,10-14,16-17H2,(H,26,31)(H,27,28,29). The van der Waals surface area contributed by atoms with Gasteiger partial charge in [0.25, 0.3) is 0 Å². The van der Waals surface area contributed by atoms with Crippen LogP contribution in [-0.2, 0) is 35.4 Å². The highest BCUT2D eigenvalue weighted by molar-refractivity contribution is 5.84. The SMILES string of the molecule is C#CCCCCC(=O)NCC(=O)N1CCc2nc(NC3Cc4ccccc4C3)ncc2C1. The second-order valence-corrected chi connectivity index (χ2v) is 8.44. The third kappa shape index (κ3) is 5.44. The van der Waals surface area contributed by atoms with Gasteiger partial charge in [-0.2, -0.15) is 0 Å². The number of nitrogens with zero attached hydrogens (tertiary/aromatic N) is 3. The minimum Gasteiger partial charge on any atom is -0.351 e. The van der Waals surface area contributed by atoms with E-state index in [1.165, 1.54) is 11.1 Å². The maximum absolute atomic E-state index is 12.5. The van der Waals surface area contributed by atoms with Gasteiger partial charge in [0.15, 0.2) is 0 Å². The minimum atomic E-state index is -0.110. The van der Waals surface area contributed by atoms with Gasteiger partial charge in [-0.15, -0.1) is 12.3 Å². The normalized spacial score (nSPS) is 14.9. The van der Waals surface area contributed by atoms with Crippen molar-refractivity contribution in [2.45, 2.75) is 57.5 Å². The lowest BCUT2D eigenvalue weighted by Gasteiger charge is -2.28. The summed E-state index contributed by atoms with van der Waals surface area (Å²) in [5.41, 5.74) is 4.72. The van der Waals surface area contributed by atoms with Gasteiger partial charge < -0.3 is 15.5 Å². The molecule has 0 atom stereocenters. The van der Waals surface area contributed by atoms with Crippen molar-refractivity contribution in [1.29, 1.82) is 0 Å². The Morgan fingerprint density at radius 1 is 1.16 bits per heavy atom. The summed E-state index contributed by atoms with van der Waals surface area (Å²) in [6.07, 6.45) is 12.3. The molecule has 0 spiro atoms.